The minimum atomic E-state index is 0.251. The first kappa shape index (κ1) is 11.5. The number of furan rings is 1. The molecule has 0 atom stereocenters. The molecule has 17 heavy (non-hydrogen) atoms. The van der Waals surface area contributed by atoms with E-state index >= 15 is 0 Å². The van der Waals surface area contributed by atoms with E-state index in [-0.39, 0.29) is 4.99 Å². The topological polar surface area (TPSA) is 68.2 Å². The summed E-state index contributed by atoms with van der Waals surface area (Å²) in [5, 5.41) is 0. The van der Waals surface area contributed by atoms with Gasteiger partial charge in [0.15, 0.2) is 0 Å². The fraction of sp³-hybridized carbons (Fsp3) is 0.182. The van der Waals surface area contributed by atoms with E-state index in [4.69, 9.17) is 22.4 Å². The third kappa shape index (κ3) is 2.79. The van der Waals surface area contributed by atoms with Crippen LogP contribution in [0.5, 0.6) is 0 Å². The van der Waals surface area contributed by atoms with E-state index in [0.717, 1.165) is 11.4 Å². The van der Waals surface area contributed by atoms with Crippen molar-refractivity contribution in [3.8, 4) is 0 Å². The molecule has 2 rings (SSSR count). The van der Waals surface area contributed by atoms with E-state index in [2.05, 4.69) is 9.97 Å². The van der Waals surface area contributed by atoms with Crippen molar-refractivity contribution >= 4 is 23.0 Å². The number of nitrogens with two attached hydrogens (primary N) is 1. The molecule has 2 N–H and O–H groups in total. The maximum atomic E-state index is 5.45. The van der Waals surface area contributed by atoms with Crippen LogP contribution in [0, 0.1) is 0 Å². The summed E-state index contributed by atoms with van der Waals surface area (Å²) in [4.78, 5) is 10.6. The average Bonchev–Trinajstić information content (AvgIpc) is 2.82. The normalized spacial score (nSPS) is 10.2. The monoisotopic (exact) mass is 248 g/mol. The summed E-state index contributed by atoms with van der Waals surface area (Å²) in [5.41, 5.74) is 7.06. The summed E-state index contributed by atoms with van der Waals surface area (Å²) in [5.74, 6) is 0.756. The van der Waals surface area contributed by atoms with E-state index < -0.39 is 0 Å². The number of hydrogen-bond donors (Lipinski definition) is 1. The lowest BCUT2D eigenvalue weighted by atomic mass is 10.3. The van der Waals surface area contributed by atoms with Crippen molar-refractivity contribution in [2.24, 2.45) is 5.73 Å². The molecule has 0 aliphatic heterocycles. The van der Waals surface area contributed by atoms with Gasteiger partial charge in [0.2, 0.25) is 0 Å². The van der Waals surface area contributed by atoms with Crippen molar-refractivity contribution in [2.75, 3.05) is 11.9 Å². The van der Waals surface area contributed by atoms with E-state index in [1.165, 1.54) is 0 Å². The van der Waals surface area contributed by atoms with Gasteiger partial charge in [0.1, 0.15) is 16.5 Å². The van der Waals surface area contributed by atoms with Gasteiger partial charge in [-0.2, -0.15) is 0 Å². The Morgan fingerprint density at radius 3 is 2.82 bits per heavy atom. The highest BCUT2D eigenvalue weighted by molar-refractivity contribution is 7.80. The molecule has 0 spiro atoms. The van der Waals surface area contributed by atoms with Gasteiger partial charge in [-0.05, 0) is 6.07 Å². The molecular weight excluding hydrogens is 236 g/mol. The maximum Gasteiger partial charge on any atom is 0.147 e. The zero-order chi connectivity index (χ0) is 12.3. The first-order valence-corrected chi connectivity index (χ1v) is 5.41. The third-order valence-corrected chi connectivity index (χ3v) is 2.49. The SMILES string of the molecule is CN(Cc1ccoc1)c1cnc(C(N)=S)cn1. The molecule has 0 aromatic carbocycles. The molecule has 0 unspecified atom stereocenters. The highest BCUT2D eigenvalue weighted by atomic mass is 32.1. The van der Waals surface area contributed by atoms with E-state index in [1.54, 1.807) is 24.9 Å². The molecule has 2 aromatic rings. The predicted molar refractivity (Wildman–Crippen MR) is 68.7 cm³/mol. The van der Waals surface area contributed by atoms with Gasteiger partial charge in [-0.15, -0.1) is 0 Å². The number of nitrogens with zero attached hydrogens (tertiary/aromatic N) is 3. The molecule has 0 aliphatic carbocycles. The zero-order valence-corrected chi connectivity index (χ0v) is 10.1. The molecule has 0 fully saturated rings. The van der Waals surface area contributed by atoms with Gasteiger partial charge in [0.05, 0.1) is 24.9 Å². The predicted octanol–water partition coefficient (Wildman–Crippen LogP) is 1.34. The Kier molecular flexibility index (Phi) is 3.34. The van der Waals surface area contributed by atoms with E-state index in [0.29, 0.717) is 12.2 Å². The molecule has 5 nitrogen and oxygen atoms in total. The van der Waals surface area contributed by atoms with Crippen molar-refractivity contribution < 1.29 is 4.42 Å². The van der Waals surface area contributed by atoms with Gasteiger partial charge in [0, 0.05) is 19.2 Å². The lowest BCUT2D eigenvalue weighted by Crippen LogP contribution is -2.19. The van der Waals surface area contributed by atoms with E-state index in [1.807, 2.05) is 18.0 Å². The minimum Gasteiger partial charge on any atom is -0.472 e. The Labute approximate surface area is 104 Å². The van der Waals surface area contributed by atoms with Gasteiger partial charge in [-0.25, -0.2) is 9.97 Å². The number of rotatable bonds is 4. The van der Waals surface area contributed by atoms with Gasteiger partial charge in [-0.1, -0.05) is 12.2 Å². The highest BCUT2D eigenvalue weighted by Crippen LogP contribution is 2.11. The Morgan fingerprint density at radius 2 is 2.29 bits per heavy atom. The number of thiocarbonyl (C=S) groups is 1. The Morgan fingerprint density at radius 1 is 1.47 bits per heavy atom. The van der Waals surface area contributed by atoms with Crippen LogP contribution in [0.1, 0.15) is 11.3 Å². The van der Waals surface area contributed by atoms with Crippen LogP contribution in [0.25, 0.3) is 0 Å². The van der Waals surface area contributed by atoms with Gasteiger partial charge in [-0.3, -0.25) is 0 Å². The summed E-state index contributed by atoms with van der Waals surface area (Å²) >= 11 is 4.81. The second-order valence-electron chi connectivity index (χ2n) is 3.61. The van der Waals surface area contributed by atoms with Crippen LogP contribution < -0.4 is 10.6 Å². The van der Waals surface area contributed by atoms with Crippen molar-refractivity contribution in [1.29, 1.82) is 0 Å². The minimum absolute atomic E-state index is 0.251. The summed E-state index contributed by atoms with van der Waals surface area (Å²) < 4.78 is 5.01. The lowest BCUT2D eigenvalue weighted by Gasteiger charge is -2.16. The molecule has 0 bridgehead atoms. The van der Waals surface area contributed by atoms with Crippen molar-refractivity contribution in [2.45, 2.75) is 6.54 Å². The van der Waals surface area contributed by atoms with Crippen LogP contribution >= 0.6 is 12.2 Å². The summed E-state index contributed by atoms with van der Waals surface area (Å²) in [6, 6.07) is 1.91. The standard InChI is InChI=1S/C11H12N4OS/c1-15(6-8-2-3-16-7-8)10-5-13-9(4-14-10)11(12)17/h2-5,7H,6H2,1H3,(H2,12,17). The van der Waals surface area contributed by atoms with Crippen LogP contribution in [-0.2, 0) is 6.54 Å². The molecule has 0 saturated carbocycles. The first-order valence-electron chi connectivity index (χ1n) is 5.01. The Balaban J connectivity index is 2.09. The molecule has 2 heterocycles. The van der Waals surface area contributed by atoms with Crippen molar-refractivity contribution in [3.63, 3.8) is 0 Å². The van der Waals surface area contributed by atoms with Gasteiger partial charge < -0.3 is 15.1 Å². The molecule has 0 radical (unpaired) electrons. The third-order valence-electron chi connectivity index (χ3n) is 2.28. The Hall–Kier alpha value is -1.95. The number of hydrogen-bond acceptors (Lipinski definition) is 5. The molecule has 6 heteroatoms. The molecular formula is C11H12N4OS. The van der Waals surface area contributed by atoms with Crippen LogP contribution in [0.2, 0.25) is 0 Å². The van der Waals surface area contributed by atoms with E-state index in [9.17, 15) is 0 Å². The second kappa shape index (κ2) is 4.92. The van der Waals surface area contributed by atoms with Crippen LogP contribution in [-0.4, -0.2) is 22.0 Å². The van der Waals surface area contributed by atoms with Gasteiger partial charge in [0.25, 0.3) is 0 Å². The fourth-order valence-electron chi connectivity index (χ4n) is 1.38. The molecule has 2 aromatic heterocycles. The Bertz CT molecular complexity index is 495. The molecule has 0 amide bonds. The summed E-state index contributed by atoms with van der Waals surface area (Å²) in [6.45, 7) is 0.706. The largest absolute Gasteiger partial charge is 0.472 e. The smallest absolute Gasteiger partial charge is 0.147 e. The lowest BCUT2D eigenvalue weighted by molar-refractivity contribution is 0.563. The fourth-order valence-corrected chi connectivity index (χ4v) is 1.49. The van der Waals surface area contributed by atoms with Gasteiger partial charge >= 0.3 is 0 Å². The van der Waals surface area contributed by atoms with Crippen LogP contribution in [0.3, 0.4) is 0 Å². The van der Waals surface area contributed by atoms with Crippen LogP contribution in [0.15, 0.2) is 35.4 Å². The highest BCUT2D eigenvalue weighted by Gasteiger charge is 2.06. The van der Waals surface area contributed by atoms with Crippen molar-refractivity contribution in [3.05, 3.63) is 42.2 Å². The number of aromatic nitrogens is 2. The average molecular weight is 248 g/mol. The molecule has 0 aliphatic rings. The van der Waals surface area contributed by atoms with Crippen molar-refractivity contribution in [1.82, 2.24) is 9.97 Å². The zero-order valence-electron chi connectivity index (χ0n) is 9.33. The maximum absolute atomic E-state index is 5.45. The first-order chi connectivity index (χ1) is 8.16. The molecule has 0 saturated heterocycles. The summed E-state index contributed by atoms with van der Waals surface area (Å²) in [7, 11) is 1.93. The molecule has 88 valence electrons. The second-order valence-corrected chi connectivity index (χ2v) is 4.05. The van der Waals surface area contributed by atoms with Crippen LogP contribution in [0.4, 0.5) is 5.82 Å². The number of anilines is 1. The summed E-state index contributed by atoms with van der Waals surface area (Å²) in [6.07, 6.45) is 6.57. The quantitative estimate of drug-likeness (QED) is 0.823.